The first-order chi connectivity index (χ1) is 9.32. The van der Waals surface area contributed by atoms with Crippen molar-refractivity contribution in [2.24, 2.45) is 0 Å². The molecular formula is C13H7F3O4. The minimum absolute atomic E-state index is 0.115. The molecule has 0 spiro atoms. The number of aldehydes is 1. The Morgan fingerprint density at radius 2 is 1.90 bits per heavy atom. The van der Waals surface area contributed by atoms with Gasteiger partial charge >= 0.3 is 12.1 Å². The van der Waals surface area contributed by atoms with E-state index in [-0.39, 0.29) is 17.1 Å². The highest BCUT2D eigenvalue weighted by molar-refractivity contribution is 5.89. The van der Waals surface area contributed by atoms with Crippen LogP contribution in [-0.4, -0.2) is 17.4 Å². The van der Waals surface area contributed by atoms with Gasteiger partial charge in [-0.3, -0.25) is 4.79 Å². The Bertz CT molecular complexity index is 670. The maximum Gasteiger partial charge on any atom is 0.417 e. The van der Waals surface area contributed by atoms with Gasteiger partial charge in [0.25, 0.3) is 0 Å². The van der Waals surface area contributed by atoms with Gasteiger partial charge in [0.1, 0.15) is 5.76 Å². The van der Waals surface area contributed by atoms with E-state index in [1.807, 2.05) is 0 Å². The summed E-state index contributed by atoms with van der Waals surface area (Å²) >= 11 is 0. The van der Waals surface area contributed by atoms with Gasteiger partial charge in [0.2, 0.25) is 0 Å². The standard InChI is InChI=1S/C13H7F3O4/c14-13(15,16)10-5-7(12(18)19)1-3-9(10)11-4-2-8(6-17)20-11/h1-6H,(H,18,19). The molecule has 0 radical (unpaired) electrons. The molecule has 0 atom stereocenters. The molecule has 0 saturated heterocycles. The molecule has 1 heterocycles. The van der Waals surface area contributed by atoms with E-state index in [0.717, 1.165) is 12.1 Å². The molecule has 0 aliphatic heterocycles. The summed E-state index contributed by atoms with van der Waals surface area (Å²) in [6.45, 7) is 0. The van der Waals surface area contributed by atoms with Gasteiger partial charge in [-0.25, -0.2) is 4.79 Å². The Labute approximate surface area is 110 Å². The molecule has 0 aliphatic carbocycles. The van der Waals surface area contributed by atoms with Crippen LogP contribution in [0.3, 0.4) is 0 Å². The fraction of sp³-hybridized carbons (Fsp3) is 0.0769. The summed E-state index contributed by atoms with van der Waals surface area (Å²) in [6.07, 6.45) is -4.38. The van der Waals surface area contributed by atoms with Crippen LogP contribution in [0.2, 0.25) is 0 Å². The molecule has 0 aliphatic rings. The third-order valence-corrected chi connectivity index (χ3v) is 2.58. The van der Waals surface area contributed by atoms with Crippen molar-refractivity contribution in [3.8, 4) is 11.3 Å². The zero-order valence-corrected chi connectivity index (χ0v) is 9.77. The second kappa shape index (κ2) is 4.84. The highest BCUT2D eigenvalue weighted by Crippen LogP contribution is 2.38. The summed E-state index contributed by atoms with van der Waals surface area (Å²) in [4.78, 5) is 21.2. The van der Waals surface area contributed by atoms with Gasteiger partial charge in [-0.2, -0.15) is 13.2 Å². The molecule has 0 fully saturated rings. The van der Waals surface area contributed by atoms with Crippen molar-refractivity contribution >= 4 is 12.3 Å². The predicted octanol–water partition coefficient (Wildman–Crippen LogP) is 3.48. The summed E-state index contributed by atoms with van der Waals surface area (Å²) in [5.74, 6) is -1.73. The molecule has 7 heteroatoms. The number of halogens is 3. The first-order valence-electron chi connectivity index (χ1n) is 5.33. The van der Waals surface area contributed by atoms with Crippen molar-refractivity contribution in [3.63, 3.8) is 0 Å². The molecule has 0 saturated carbocycles. The molecule has 1 aromatic heterocycles. The molecule has 2 aromatic rings. The van der Waals surface area contributed by atoms with E-state index in [9.17, 15) is 22.8 Å². The van der Waals surface area contributed by atoms with Gasteiger partial charge in [0.05, 0.1) is 11.1 Å². The summed E-state index contributed by atoms with van der Waals surface area (Å²) in [6, 6.07) is 5.01. The maximum absolute atomic E-state index is 13.0. The second-order valence-electron chi connectivity index (χ2n) is 3.88. The molecule has 1 aromatic carbocycles. The number of alkyl halides is 3. The van der Waals surface area contributed by atoms with Crippen LogP contribution in [0, 0.1) is 0 Å². The number of carbonyl (C=O) groups excluding carboxylic acids is 1. The fourth-order valence-electron chi connectivity index (χ4n) is 1.69. The lowest BCUT2D eigenvalue weighted by Crippen LogP contribution is -2.09. The van der Waals surface area contributed by atoms with E-state index in [1.165, 1.54) is 12.1 Å². The van der Waals surface area contributed by atoms with Crippen LogP contribution in [-0.2, 0) is 6.18 Å². The van der Waals surface area contributed by atoms with Crippen LogP contribution in [0.5, 0.6) is 0 Å². The van der Waals surface area contributed by atoms with Crippen LogP contribution in [0.4, 0.5) is 13.2 Å². The Hall–Kier alpha value is -2.57. The lowest BCUT2D eigenvalue weighted by molar-refractivity contribution is -0.137. The van der Waals surface area contributed by atoms with E-state index in [0.29, 0.717) is 12.4 Å². The summed E-state index contributed by atoms with van der Waals surface area (Å²) in [5.41, 5.74) is -1.94. The number of benzene rings is 1. The number of carboxylic acids is 1. The molecule has 0 bridgehead atoms. The normalized spacial score (nSPS) is 11.3. The Balaban J connectivity index is 2.63. The summed E-state index contributed by atoms with van der Waals surface area (Å²) in [7, 11) is 0. The average molecular weight is 284 g/mol. The van der Waals surface area contributed by atoms with Crippen molar-refractivity contribution < 1.29 is 32.3 Å². The third-order valence-electron chi connectivity index (χ3n) is 2.58. The Kier molecular flexibility index (Phi) is 3.35. The van der Waals surface area contributed by atoms with E-state index >= 15 is 0 Å². The van der Waals surface area contributed by atoms with Crippen molar-refractivity contribution in [1.29, 1.82) is 0 Å². The monoisotopic (exact) mass is 284 g/mol. The van der Waals surface area contributed by atoms with E-state index in [4.69, 9.17) is 9.52 Å². The maximum atomic E-state index is 13.0. The van der Waals surface area contributed by atoms with E-state index < -0.39 is 23.3 Å². The number of hydrogen-bond acceptors (Lipinski definition) is 3. The molecule has 2 rings (SSSR count). The summed E-state index contributed by atoms with van der Waals surface area (Å²) in [5, 5.41) is 8.74. The van der Waals surface area contributed by atoms with Gasteiger partial charge in [0, 0.05) is 5.56 Å². The van der Waals surface area contributed by atoms with Crippen LogP contribution in [0.25, 0.3) is 11.3 Å². The number of carbonyl (C=O) groups is 2. The summed E-state index contributed by atoms with van der Waals surface area (Å²) < 4.78 is 43.8. The van der Waals surface area contributed by atoms with Crippen LogP contribution < -0.4 is 0 Å². The molecule has 1 N–H and O–H groups in total. The number of hydrogen-bond donors (Lipinski definition) is 1. The average Bonchev–Trinajstić information content (AvgIpc) is 2.85. The van der Waals surface area contributed by atoms with Crippen LogP contribution in [0.15, 0.2) is 34.7 Å². The van der Waals surface area contributed by atoms with Gasteiger partial charge in [0.15, 0.2) is 12.0 Å². The van der Waals surface area contributed by atoms with E-state index in [1.54, 1.807) is 0 Å². The predicted molar refractivity (Wildman–Crippen MR) is 61.5 cm³/mol. The van der Waals surface area contributed by atoms with Gasteiger partial charge < -0.3 is 9.52 Å². The number of furan rings is 1. The van der Waals surface area contributed by atoms with Crippen molar-refractivity contribution in [2.75, 3.05) is 0 Å². The van der Waals surface area contributed by atoms with Crippen molar-refractivity contribution in [1.82, 2.24) is 0 Å². The minimum Gasteiger partial charge on any atom is -0.478 e. The minimum atomic E-state index is -4.74. The smallest absolute Gasteiger partial charge is 0.417 e. The Morgan fingerprint density at radius 1 is 1.20 bits per heavy atom. The molecule has 20 heavy (non-hydrogen) atoms. The van der Waals surface area contributed by atoms with Gasteiger partial charge in [-0.1, -0.05) is 0 Å². The second-order valence-corrected chi connectivity index (χ2v) is 3.88. The SMILES string of the molecule is O=Cc1ccc(-c2ccc(C(=O)O)cc2C(F)(F)F)o1. The van der Waals surface area contributed by atoms with Gasteiger partial charge in [-0.05, 0) is 30.3 Å². The quantitative estimate of drug-likeness (QED) is 0.876. The third kappa shape index (κ3) is 2.56. The zero-order chi connectivity index (χ0) is 14.9. The number of aromatic carboxylic acids is 1. The van der Waals surface area contributed by atoms with E-state index in [2.05, 4.69) is 0 Å². The highest BCUT2D eigenvalue weighted by atomic mass is 19.4. The topological polar surface area (TPSA) is 67.5 Å². The van der Waals surface area contributed by atoms with Crippen LogP contribution >= 0.6 is 0 Å². The lowest BCUT2D eigenvalue weighted by Gasteiger charge is -2.12. The zero-order valence-electron chi connectivity index (χ0n) is 9.77. The van der Waals surface area contributed by atoms with Crippen molar-refractivity contribution in [2.45, 2.75) is 6.18 Å². The molecule has 0 amide bonds. The number of rotatable bonds is 3. The lowest BCUT2D eigenvalue weighted by atomic mass is 10.0. The van der Waals surface area contributed by atoms with Crippen molar-refractivity contribution in [3.05, 3.63) is 47.2 Å². The largest absolute Gasteiger partial charge is 0.478 e. The molecule has 4 nitrogen and oxygen atoms in total. The Morgan fingerprint density at radius 3 is 2.40 bits per heavy atom. The fourth-order valence-corrected chi connectivity index (χ4v) is 1.69. The molecule has 0 unspecified atom stereocenters. The van der Waals surface area contributed by atoms with Crippen LogP contribution in [0.1, 0.15) is 26.5 Å². The highest BCUT2D eigenvalue weighted by Gasteiger charge is 2.35. The first kappa shape index (κ1) is 13.9. The number of carboxylic acid groups (broad SMARTS) is 1. The first-order valence-corrected chi connectivity index (χ1v) is 5.33. The molecule has 104 valence electrons. The molecular weight excluding hydrogens is 277 g/mol. The van der Waals surface area contributed by atoms with Gasteiger partial charge in [-0.15, -0.1) is 0 Å².